The van der Waals surface area contributed by atoms with Gasteiger partial charge in [0.1, 0.15) is 0 Å². The zero-order valence-electron chi connectivity index (χ0n) is 14.0. The molecule has 21 heavy (non-hydrogen) atoms. The molecule has 0 heterocycles. The maximum Gasteiger partial charge on any atom is 0.0294 e. The summed E-state index contributed by atoms with van der Waals surface area (Å²) in [5, 5.41) is 0. The van der Waals surface area contributed by atoms with E-state index in [0.717, 1.165) is 6.42 Å². The third-order valence-electron chi connectivity index (χ3n) is 4.35. The second-order valence-electron chi connectivity index (χ2n) is 6.34. The van der Waals surface area contributed by atoms with Crippen LogP contribution in [0.1, 0.15) is 95.6 Å². The molecule has 1 unspecified atom stereocenters. The fraction of sp³-hybridized carbons (Fsp3) is 0.700. The number of rotatable bonds is 13. The van der Waals surface area contributed by atoms with Crippen molar-refractivity contribution in [3.8, 4) is 0 Å². The Bertz CT molecular complexity index is 320. The Morgan fingerprint density at radius 1 is 0.714 bits per heavy atom. The zero-order chi connectivity index (χ0) is 15.2. The molecule has 0 saturated heterocycles. The Kier molecular flexibility index (Phi) is 11.2. The molecule has 0 aliphatic carbocycles. The number of benzene rings is 1. The topological polar surface area (TPSA) is 26.0 Å². The second-order valence-corrected chi connectivity index (χ2v) is 6.34. The molecule has 0 aliphatic rings. The van der Waals surface area contributed by atoms with Crippen LogP contribution in [-0.2, 0) is 0 Å². The molecule has 1 aromatic carbocycles. The first kappa shape index (κ1) is 18.2. The molecule has 1 nitrogen and oxygen atoms in total. The van der Waals surface area contributed by atoms with Gasteiger partial charge >= 0.3 is 0 Å². The summed E-state index contributed by atoms with van der Waals surface area (Å²) in [5.74, 6) is 0. The molecular weight excluding hydrogens is 254 g/mol. The Hall–Kier alpha value is -0.820. The van der Waals surface area contributed by atoms with E-state index in [-0.39, 0.29) is 6.04 Å². The molecule has 120 valence electrons. The molecule has 1 atom stereocenters. The molecule has 1 rings (SSSR count). The first-order valence-electron chi connectivity index (χ1n) is 9.15. The van der Waals surface area contributed by atoms with Crippen molar-refractivity contribution < 1.29 is 0 Å². The Morgan fingerprint density at radius 2 is 1.19 bits per heavy atom. The molecule has 1 heteroatoms. The average molecular weight is 290 g/mol. The van der Waals surface area contributed by atoms with E-state index in [1.54, 1.807) is 0 Å². The van der Waals surface area contributed by atoms with Crippen LogP contribution in [0, 0.1) is 0 Å². The van der Waals surface area contributed by atoms with Crippen LogP contribution >= 0.6 is 0 Å². The quantitative estimate of drug-likeness (QED) is 0.418. The molecule has 1 aromatic rings. The van der Waals surface area contributed by atoms with Gasteiger partial charge in [-0.05, 0) is 12.0 Å². The molecule has 0 radical (unpaired) electrons. The highest BCUT2D eigenvalue weighted by atomic mass is 14.6. The van der Waals surface area contributed by atoms with Crippen LogP contribution in [0.2, 0.25) is 0 Å². The standard InChI is InChI=1S/C20H35N/c1-2-3-4-5-6-7-8-9-10-11-15-18-20(21)19-16-13-12-14-17-19/h12-14,16-17,20H,2-11,15,18,21H2,1H3. The predicted molar refractivity (Wildman–Crippen MR) is 94.4 cm³/mol. The molecule has 0 fully saturated rings. The Labute approximate surface area is 132 Å². The minimum absolute atomic E-state index is 0.227. The van der Waals surface area contributed by atoms with Gasteiger partial charge in [-0.15, -0.1) is 0 Å². The van der Waals surface area contributed by atoms with E-state index in [1.165, 1.54) is 76.2 Å². The third-order valence-corrected chi connectivity index (χ3v) is 4.35. The van der Waals surface area contributed by atoms with Crippen LogP contribution in [-0.4, -0.2) is 0 Å². The second kappa shape index (κ2) is 12.9. The molecule has 0 amide bonds. The van der Waals surface area contributed by atoms with Gasteiger partial charge in [-0.1, -0.05) is 108 Å². The van der Waals surface area contributed by atoms with Crippen molar-refractivity contribution in [1.82, 2.24) is 0 Å². The molecule has 0 saturated carbocycles. The van der Waals surface area contributed by atoms with E-state index < -0.39 is 0 Å². The van der Waals surface area contributed by atoms with E-state index in [0.29, 0.717) is 0 Å². The lowest BCUT2D eigenvalue weighted by Crippen LogP contribution is -2.09. The van der Waals surface area contributed by atoms with Crippen molar-refractivity contribution in [1.29, 1.82) is 0 Å². The van der Waals surface area contributed by atoms with E-state index in [1.807, 2.05) is 0 Å². The van der Waals surface area contributed by atoms with Gasteiger partial charge in [0.15, 0.2) is 0 Å². The minimum Gasteiger partial charge on any atom is -0.324 e. The number of nitrogens with two attached hydrogens (primary N) is 1. The summed E-state index contributed by atoms with van der Waals surface area (Å²) in [5.41, 5.74) is 7.50. The van der Waals surface area contributed by atoms with Crippen molar-refractivity contribution >= 4 is 0 Å². The van der Waals surface area contributed by atoms with Crippen molar-refractivity contribution in [2.24, 2.45) is 5.73 Å². The number of hydrogen-bond acceptors (Lipinski definition) is 1. The summed E-state index contributed by atoms with van der Waals surface area (Å²) in [4.78, 5) is 0. The van der Waals surface area contributed by atoms with E-state index in [9.17, 15) is 0 Å². The maximum atomic E-state index is 6.22. The van der Waals surface area contributed by atoms with Crippen molar-refractivity contribution in [3.63, 3.8) is 0 Å². The van der Waals surface area contributed by atoms with Gasteiger partial charge in [0.2, 0.25) is 0 Å². The third kappa shape index (κ3) is 9.68. The van der Waals surface area contributed by atoms with E-state index in [4.69, 9.17) is 5.73 Å². The summed E-state index contributed by atoms with van der Waals surface area (Å²) in [7, 11) is 0. The molecule has 2 N–H and O–H groups in total. The predicted octanol–water partition coefficient (Wildman–Crippen LogP) is 6.39. The maximum absolute atomic E-state index is 6.22. The van der Waals surface area contributed by atoms with Crippen LogP contribution in [0.5, 0.6) is 0 Å². The van der Waals surface area contributed by atoms with Gasteiger partial charge in [0.05, 0.1) is 0 Å². The summed E-state index contributed by atoms with van der Waals surface area (Å²) in [6, 6.07) is 10.7. The molecular formula is C20H35N. The van der Waals surface area contributed by atoms with E-state index >= 15 is 0 Å². The summed E-state index contributed by atoms with van der Waals surface area (Å²) in [6.45, 7) is 2.28. The lowest BCUT2D eigenvalue weighted by molar-refractivity contribution is 0.526. The first-order chi connectivity index (χ1) is 10.3. The lowest BCUT2D eigenvalue weighted by Gasteiger charge is -2.11. The van der Waals surface area contributed by atoms with Gasteiger partial charge in [-0.2, -0.15) is 0 Å². The van der Waals surface area contributed by atoms with Gasteiger partial charge < -0.3 is 5.73 Å². The fourth-order valence-electron chi connectivity index (χ4n) is 2.90. The van der Waals surface area contributed by atoms with Crippen LogP contribution in [0.15, 0.2) is 30.3 Å². The zero-order valence-corrected chi connectivity index (χ0v) is 14.0. The normalized spacial score (nSPS) is 12.5. The van der Waals surface area contributed by atoms with Crippen molar-refractivity contribution in [2.45, 2.75) is 90.0 Å². The van der Waals surface area contributed by atoms with Gasteiger partial charge in [0, 0.05) is 6.04 Å². The molecule has 0 aliphatic heterocycles. The van der Waals surface area contributed by atoms with E-state index in [2.05, 4.69) is 37.3 Å². The van der Waals surface area contributed by atoms with Crippen molar-refractivity contribution in [3.05, 3.63) is 35.9 Å². The number of unbranched alkanes of at least 4 members (excludes halogenated alkanes) is 10. The molecule has 0 aromatic heterocycles. The highest BCUT2D eigenvalue weighted by Gasteiger charge is 2.04. The largest absolute Gasteiger partial charge is 0.324 e. The SMILES string of the molecule is CCCCCCCCCCCCCC(N)c1ccccc1. The minimum atomic E-state index is 0.227. The Balaban J connectivity index is 1.86. The first-order valence-corrected chi connectivity index (χ1v) is 9.15. The van der Waals surface area contributed by atoms with Gasteiger partial charge in [-0.3, -0.25) is 0 Å². The molecule has 0 bridgehead atoms. The average Bonchev–Trinajstić information content (AvgIpc) is 2.53. The fourth-order valence-corrected chi connectivity index (χ4v) is 2.90. The monoisotopic (exact) mass is 289 g/mol. The number of hydrogen-bond donors (Lipinski definition) is 1. The highest BCUT2D eigenvalue weighted by Crippen LogP contribution is 2.18. The summed E-state index contributed by atoms with van der Waals surface area (Å²) >= 11 is 0. The van der Waals surface area contributed by atoms with Crippen LogP contribution in [0.3, 0.4) is 0 Å². The summed E-state index contributed by atoms with van der Waals surface area (Å²) in [6.07, 6.45) is 16.5. The summed E-state index contributed by atoms with van der Waals surface area (Å²) < 4.78 is 0. The highest BCUT2D eigenvalue weighted by molar-refractivity contribution is 5.18. The van der Waals surface area contributed by atoms with Crippen LogP contribution in [0.25, 0.3) is 0 Å². The Morgan fingerprint density at radius 3 is 1.71 bits per heavy atom. The van der Waals surface area contributed by atoms with Crippen LogP contribution in [0.4, 0.5) is 0 Å². The van der Waals surface area contributed by atoms with Crippen molar-refractivity contribution in [2.75, 3.05) is 0 Å². The smallest absolute Gasteiger partial charge is 0.0294 e. The lowest BCUT2D eigenvalue weighted by atomic mass is 10.00. The van der Waals surface area contributed by atoms with Crippen LogP contribution < -0.4 is 5.73 Å². The molecule has 0 spiro atoms. The van der Waals surface area contributed by atoms with Gasteiger partial charge in [-0.25, -0.2) is 0 Å². The van der Waals surface area contributed by atoms with Gasteiger partial charge in [0.25, 0.3) is 0 Å².